The van der Waals surface area contributed by atoms with Crippen LogP contribution < -0.4 is 0 Å². The molecule has 5 rings (SSSR count). The Kier molecular flexibility index (Phi) is 4.47. The van der Waals surface area contributed by atoms with Crippen LogP contribution >= 0.6 is 0 Å². The number of ketones is 2. The molecule has 3 fully saturated rings. The molecule has 4 nitrogen and oxygen atoms in total. The van der Waals surface area contributed by atoms with Gasteiger partial charge in [-0.15, -0.1) is 0 Å². The molecule has 0 amide bonds. The minimum absolute atomic E-state index is 0.00192. The number of fused-ring (bicyclic) bond motifs is 7. The van der Waals surface area contributed by atoms with E-state index in [0.29, 0.717) is 23.7 Å². The Morgan fingerprint density at radius 3 is 2.34 bits per heavy atom. The normalized spacial score (nSPS) is 50.6. The molecule has 3 saturated carbocycles. The second kappa shape index (κ2) is 6.46. The lowest BCUT2D eigenvalue weighted by Crippen LogP contribution is -2.66. The van der Waals surface area contributed by atoms with E-state index in [1.165, 1.54) is 0 Å². The first-order chi connectivity index (χ1) is 14.8. The van der Waals surface area contributed by atoms with E-state index in [1.807, 2.05) is 6.08 Å². The first-order valence-electron chi connectivity index (χ1n) is 12.4. The lowest BCUT2D eigenvalue weighted by Gasteiger charge is -2.71. The Hall–Kier alpha value is -1.68. The van der Waals surface area contributed by atoms with Gasteiger partial charge in [-0.25, -0.2) is 0 Å². The molecule has 0 bridgehead atoms. The summed E-state index contributed by atoms with van der Waals surface area (Å²) in [6.45, 7) is 13.2. The van der Waals surface area contributed by atoms with E-state index in [-0.39, 0.29) is 45.0 Å². The Morgan fingerprint density at radius 2 is 1.66 bits per heavy atom. The standard InChI is InChI=1S/C28H38O4/c1-15-11-22-25(3,14-21(15)31)7-9-28(6)24-20(30)12-17-16(2)23(32)19(29)13-18(17)26(24,4)8-10-27(22,28)5/h12-13,15,20,22,24,30,32H,7-11,14H2,1-6H3/t15-,20+,22-,24-,25+,26+,27+,28-/m1/s1. The molecule has 8 atom stereocenters. The maximum Gasteiger partial charge on any atom is 0.220 e. The van der Waals surface area contributed by atoms with Crippen LogP contribution in [0.15, 0.2) is 34.6 Å². The summed E-state index contributed by atoms with van der Waals surface area (Å²) < 4.78 is 0. The van der Waals surface area contributed by atoms with Crippen molar-refractivity contribution in [2.24, 2.45) is 39.4 Å². The Labute approximate surface area is 191 Å². The highest BCUT2D eigenvalue weighted by Gasteiger charge is 2.69. The van der Waals surface area contributed by atoms with Gasteiger partial charge in [-0.05, 0) is 89.9 Å². The Morgan fingerprint density at radius 1 is 1.00 bits per heavy atom. The molecule has 0 aromatic carbocycles. The predicted molar refractivity (Wildman–Crippen MR) is 124 cm³/mol. The quantitative estimate of drug-likeness (QED) is 0.526. The van der Waals surface area contributed by atoms with Gasteiger partial charge < -0.3 is 10.2 Å². The minimum atomic E-state index is -0.625. The van der Waals surface area contributed by atoms with Crippen molar-refractivity contribution >= 4 is 11.6 Å². The first kappa shape index (κ1) is 22.1. The average Bonchev–Trinajstić information content (AvgIpc) is 2.71. The van der Waals surface area contributed by atoms with E-state index < -0.39 is 6.10 Å². The molecule has 2 N–H and O–H groups in total. The molecule has 0 aliphatic heterocycles. The third-order valence-corrected chi connectivity index (χ3v) is 11.2. The summed E-state index contributed by atoms with van der Waals surface area (Å²) in [7, 11) is 0. The van der Waals surface area contributed by atoms with Gasteiger partial charge in [-0.3, -0.25) is 9.59 Å². The molecule has 0 heterocycles. The van der Waals surface area contributed by atoms with Crippen molar-refractivity contribution in [1.29, 1.82) is 0 Å². The second-order valence-corrected chi connectivity index (χ2v) is 12.7. The van der Waals surface area contributed by atoms with Gasteiger partial charge in [0.1, 0.15) is 5.78 Å². The number of carbonyl (C=O) groups is 2. The van der Waals surface area contributed by atoms with E-state index in [1.54, 1.807) is 13.0 Å². The number of rotatable bonds is 0. The minimum Gasteiger partial charge on any atom is -0.504 e. The number of Topliss-reactive ketones (excluding diaryl/α,β-unsaturated/α-hetero) is 1. The molecular weight excluding hydrogens is 400 g/mol. The first-order valence-corrected chi connectivity index (χ1v) is 12.4. The summed E-state index contributed by atoms with van der Waals surface area (Å²) in [4.78, 5) is 25.2. The lowest BCUT2D eigenvalue weighted by molar-refractivity contribution is -0.222. The van der Waals surface area contributed by atoms with Crippen LogP contribution in [0.25, 0.3) is 0 Å². The van der Waals surface area contributed by atoms with E-state index in [4.69, 9.17) is 0 Å². The molecule has 0 aromatic rings. The van der Waals surface area contributed by atoms with Crippen molar-refractivity contribution in [2.45, 2.75) is 86.2 Å². The highest BCUT2D eigenvalue weighted by Crippen LogP contribution is 2.75. The van der Waals surface area contributed by atoms with Crippen LogP contribution in [0.4, 0.5) is 0 Å². The van der Waals surface area contributed by atoms with Crippen molar-refractivity contribution < 1.29 is 19.8 Å². The van der Waals surface area contributed by atoms with Gasteiger partial charge in [0.2, 0.25) is 5.78 Å². The fourth-order valence-corrected chi connectivity index (χ4v) is 9.14. The van der Waals surface area contributed by atoms with Gasteiger partial charge in [0, 0.05) is 23.8 Å². The van der Waals surface area contributed by atoms with Crippen molar-refractivity contribution in [3.8, 4) is 0 Å². The smallest absolute Gasteiger partial charge is 0.220 e. The van der Waals surface area contributed by atoms with E-state index >= 15 is 0 Å². The molecule has 0 saturated heterocycles. The van der Waals surface area contributed by atoms with Crippen LogP contribution in [-0.4, -0.2) is 27.9 Å². The third-order valence-electron chi connectivity index (χ3n) is 11.2. The van der Waals surface area contributed by atoms with Crippen LogP contribution in [-0.2, 0) is 9.59 Å². The van der Waals surface area contributed by atoms with E-state index in [2.05, 4.69) is 34.6 Å². The zero-order valence-corrected chi connectivity index (χ0v) is 20.4. The van der Waals surface area contributed by atoms with Crippen molar-refractivity contribution in [3.05, 3.63) is 34.6 Å². The summed E-state index contributed by atoms with van der Waals surface area (Å²) >= 11 is 0. The van der Waals surface area contributed by atoms with Gasteiger partial charge in [-0.2, -0.15) is 0 Å². The number of hydrogen-bond acceptors (Lipinski definition) is 4. The Bertz CT molecular complexity index is 1020. The molecule has 0 radical (unpaired) electrons. The van der Waals surface area contributed by atoms with Crippen LogP contribution in [0.2, 0.25) is 0 Å². The number of aliphatic hydroxyl groups excluding tert-OH is 2. The zero-order valence-electron chi connectivity index (χ0n) is 20.4. The molecule has 32 heavy (non-hydrogen) atoms. The monoisotopic (exact) mass is 438 g/mol. The average molecular weight is 439 g/mol. The molecule has 5 aliphatic rings. The topological polar surface area (TPSA) is 74.6 Å². The number of allylic oxidation sites excluding steroid dienone is 4. The largest absolute Gasteiger partial charge is 0.504 e. The van der Waals surface area contributed by atoms with Gasteiger partial charge >= 0.3 is 0 Å². The summed E-state index contributed by atoms with van der Waals surface area (Å²) in [5.41, 5.74) is 2.07. The third kappa shape index (κ3) is 2.48. The maximum absolute atomic E-state index is 12.7. The summed E-state index contributed by atoms with van der Waals surface area (Å²) in [5.74, 6) is 0.460. The molecule has 174 valence electrons. The predicted octanol–water partition coefficient (Wildman–Crippen LogP) is 5.47. The highest BCUT2D eigenvalue weighted by molar-refractivity contribution is 6.06. The highest BCUT2D eigenvalue weighted by atomic mass is 16.3. The SMILES string of the molecule is CC1=C(O)C(=O)C=C2C1=C[C@H](O)[C@@H]1[C@@]2(C)CC[C@@]2(C)[C@@H]3C[C@@H](C)C(=O)C[C@]3(C)CC[C@]12C. The molecule has 4 heteroatoms. The van der Waals surface area contributed by atoms with Crippen LogP contribution in [0.1, 0.15) is 80.1 Å². The number of carbonyl (C=O) groups excluding carboxylic acids is 2. The molecule has 0 aromatic heterocycles. The van der Waals surface area contributed by atoms with E-state index in [0.717, 1.165) is 43.3 Å². The fourth-order valence-electron chi connectivity index (χ4n) is 9.14. The Balaban J connectivity index is 1.64. The van der Waals surface area contributed by atoms with Crippen LogP contribution in [0.3, 0.4) is 0 Å². The lowest BCUT2D eigenvalue weighted by atomic mass is 9.33. The molecule has 5 aliphatic carbocycles. The van der Waals surface area contributed by atoms with Gasteiger partial charge in [0.15, 0.2) is 5.76 Å². The van der Waals surface area contributed by atoms with E-state index in [9.17, 15) is 19.8 Å². The number of hydrogen-bond donors (Lipinski definition) is 2. The second-order valence-electron chi connectivity index (χ2n) is 12.7. The zero-order chi connectivity index (χ0) is 23.4. The van der Waals surface area contributed by atoms with Crippen molar-refractivity contribution in [2.75, 3.05) is 0 Å². The number of aliphatic hydroxyl groups is 2. The van der Waals surface area contributed by atoms with Gasteiger partial charge in [0.25, 0.3) is 0 Å². The van der Waals surface area contributed by atoms with Crippen molar-refractivity contribution in [3.63, 3.8) is 0 Å². The van der Waals surface area contributed by atoms with Gasteiger partial charge in [-0.1, -0.05) is 34.6 Å². The van der Waals surface area contributed by atoms with Crippen LogP contribution in [0.5, 0.6) is 0 Å². The molecule has 0 unspecified atom stereocenters. The summed E-state index contributed by atoms with van der Waals surface area (Å²) in [6.07, 6.45) is 8.45. The van der Waals surface area contributed by atoms with Crippen molar-refractivity contribution in [1.82, 2.24) is 0 Å². The molecular formula is C28H38O4. The summed E-state index contributed by atoms with van der Waals surface area (Å²) in [6, 6.07) is 0. The fraction of sp³-hybridized carbons (Fsp3) is 0.714. The van der Waals surface area contributed by atoms with Gasteiger partial charge in [0.05, 0.1) is 6.10 Å². The summed E-state index contributed by atoms with van der Waals surface area (Å²) in [5, 5.41) is 21.9. The van der Waals surface area contributed by atoms with Crippen LogP contribution in [0, 0.1) is 39.4 Å². The molecule has 0 spiro atoms. The maximum atomic E-state index is 12.7.